The molecule has 2 saturated carbocycles. The highest BCUT2D eigenvalue weighted by atomic mass is 32.2. The minimum atomic E-state index is -2.88. The summed E-state index contributed by atoms with van der Waals surface area (Å²) in [5, 5.41) is 6.15. The first-order chi connectivity index (χ1) is 10.1. The maximum Gasteiger partial charge on any atom is 0.315 e. The van der Waals surface area contributed by atoms with Crippen molar-refractivity contribution in [1.82, 2.24) is 10.6 Å². The van der Waals surface area contributed by atoms with Crippen LogP contribution in [0, 0.1) is 16.7 Å². The van der Waals surface area contributed by atoms with Crippen molar-refractivity contribution in [2.75, 3.05) is 11.5 Å². The molecule has 22 heavy (non-hydrogen) atoms. The maximum absolute atomic E-state index is 12.3. The average Bonchev–Trinajstić information content (AvgIpc) is 2.74. The van der Waals surface area contributed by atoms with Gasteiger partial charge in [0.2, 0.25) is 0 Å². The molecule has 0 aromatic carbocycles. The summed E-state index contributed by atoms with van der Waals surface area (Å²) in [5.74, 6) is 1.07. The van der Waals surface area contributed by atoms with Crippen LogP contribution in [0.15, 0.2) is 0 Å². The van der Waals surface area contributed by atoms with Crippen LogP contribution in [0.5, 0.6) is 0 Å². The van der Waals surface area contributed by atoms with E-state index in [1.54, 1.807) is 0 Å². The Morgan fingerprint density at radius 2 is 1.68 bits per heavy atom. The molecule has 126 valence electrons. The van der Waals surface area contributed by atoms with Gasteiger partial charge in [0, 0.05) is 12.1 Å². The molecule has 0 radical (unpaired) electrons. The summed E-state index contributed by atoms with van der Waals surface area (Å²) in [6, 6.07) is 0.0929. The van der Waals surface area contributed by atoms with Crippen molar-refractivity contribution in [2.24, 2.45) is 16.7 Å². The molecule has 1 saturated heterocycles. The van der Waals surface area contributed by atoms with Gasteiger partial charge in [-0.1, -0.05) is 20.8 Å². The highest BCUT2D eigenvalue weighted by molar-refractivity contribution is 7.91. The van der Waals surface area contributed by atoms with E-state index in [-0.39, 0.29) is 40.5 Å². The second kappa shape index (κ2) is 5.11. The molecule has 2 amide bonds. The quantitative estimate of drug-likeness (QED) is 0.815. The van der Waals surface area contributed by atoms with E-state index in [2.05, 4.69) is 31.4 Å². The normalized spacial score (nSPS) is 39.6. The third-order valence-corrected chi connectivity index (χ3v) is 8.70. The Labute approximate surface area is 133 Å². The Hall–Kier alpha value is -0.780. The Morgan fingerprint density at radius 3 is 2.18 bits per heavy atom. The molecule has 0 aromatic heterocycles. The number of hydrogen-bond donors (Lipinski definition) is 2. The van der Waals surface area contributed by atoms with E-state index in [1.165, 1.54) is 12.8 Å². The van der Waals surface area contributed by atoms with Crippen LogP contribution in [-0.4, -0.2) is 38.0 Å². The van der Waals surface area contributed by atoms with Crippen molar-refractivity contribution < 1.29 is 13.2 Å². The van der Waals surface area contributed by atoms with Crippen LogP contribution in [0.4, 0.5) is 4.79 Å². The van der Waals surface area contributed by atoms with Crippen LogP contribution in [0.3, 0.4) is 0 Å². The molecule has 0 spiro atoms. The Kier molecular flexibility index (Phi) is 3.74. The third kappa shape index (κ3) is 2.53. The highest BCUT2D eigenvalue weighted by Crippen LogP contribution is 2.65. The van der Waals surface area contributed by atoms with Crippen LogP contribution in [0.1, 0.15) is 52.9 Å². The fraction of sp³-hybridized carbons (Fsp3) is 0.938. The monoisotopic (exact) mass is 328 g/mol. The molecule has 3 rings (SSSR count). The van der Waals surface area contributed by atoms with Gasteiger partial charge in [0.25, 0.3) is 0 Å². The Balaban J connectivity index is 1.55. The van der Waals surface area contributed by atoms with Gasteiger partial charge in [-0.05, 0) is 48.9 Å². The van der Waals surface area contributed by atoms with Gasteiger partial charge < -0.3 is 10.6 Å². The van der Waals surface area contributed by atoms with Gasteiger partial charge in [0.15, 0.2) is 0 Å². The zero-order valence-electron chi connectivity index (χ0n) is 13.8. The first-order valence-corrected chi connectivity index (χ1v) is 10.2. The first kappa shape index (κ1) is 16.1. The molecule has 3 unspecified atom stereocenters. The van der Waals surface area contributed by atoms with Crippen molar-refractivity contribution in [1.29, 1.82) is 0 Å². The smallest absolute Gasteiger partial charge is 0.315 e. The SMILES string of the molecule is CC1(C)C2CCC1(C)C(NC(=O)NC1CCS(=O)(=O)CC1)C2. The van der Waals surface area contributed by atoms with Crippen molar-refractivity contribution in [3.05, 3.63) is 0 Å². The lowest BCUT2D eigenvalue weighted by Gasteiger charge is -2.39. The predicted molar refractivity (Wildman–Crippen MR) is 86.4 cm³/mol. The van der Waals surface area contributed by atoms with Gasteiger partial charge >= 0.3 is 6.03 Å². The van der Waals surface area contributed by atoms with Gasteiger partial charge in [0.05, 0.1) is 11.5 Å². The summed E-state index contributed by atoms with van der Waals surface area (Å²) in [4.78, 5) is 12.3. The molecular formula is C16H28N2O3S. The number of urea groups is 1. The molecule has 1 aliphatic heterocycles. The molecule has 3 aliphatic rings. The Bertz CT molecular complexity index is 558. The van der Waals surface area contributed by atoms with Gasteiger partial charge in [0.1, 0.15) is 9.84 Å². The molecule has 3 fully saturated rings. The van der Waals surface area contributed by atoms with Gasteiger partial charge in [-0.3, -0.25) is 0 Å². The van der Waals surface area contributed by atoms with Gasteiger partial charge in [-0.25, -0.2) is 13.2 Å². The minimum Gasteiger partial charge on any atom is -0.335 e. The van der Waals surface area contributed by atoms with Crippen LogP contribution >= 0.6 is 0 Å². The van der Waals surface area contributed by atoms with E-state index in [0.29, 0.717) is 18.8 Å². The molecule has 6 heteroatoms. The number of rotatable bonds is 2. The summed E-state index contributed by atoms with van der Waals surface area (Å²) in [7, 11) is -2.88. The maximum atomic E-state index is 12.3. The number of amides is 2. The van der Waals surface area contributed by atoms with Crippen LogP contribution < -0.4 is 10.6 Å². The van der Waals surface area contributed by atoms with Gasteiger partial charge in [-0.2, -0.15) is 0 Å². The Morgan fingerprint density at radius 1 is 1.05 bits per heavy atom. The molecule has 0 aromatic rings. The van der Waals surface area contributed by atoms with Crippen molar-refractivity contribution in [2.45, 2.75) is 65.0 Å². The molecule has 2 aliphatic carbocycles. The fourth-order valence-electron chi connectivity index (χ4n) is 4.84. The highest BCUT2D eigenvalue weighted by Gasteiger charge is 2.61. The van der Waals surface area contributed by atoms with E-state index in [0.717, 1.165) is 6.42 Å². The fourth-order valence-corrected chi connectivity index (χ4v) is 6.33. The lowest BCUT2D eigenvalue weighted by Crippen LogP contribution is -2.53. The summed E-state index contributed by atoms with van der Waals surface area (Å²) in [6.07, 6.45) is 4.58. The second-order valence-corrected chi connectivity index (χ2v) is 10.5. The van der Waals surface area contributed by atoms with Crippen LogP contribution in [0.25, 0.3) is 0 Å². The number of nitrogens with one attached hydrogen (secondary N) is 2. The predicted octanol–water partition coefficient (Wildman–Crippen LogP) is 2.08. The summed E-state index contributed by atoms with van der Waals surface area (Å²) in [6.45, 7) is 6.96. The number of carbonyl (C=O) groups is 1. The zero-order valence-corrected chi connectivity index (χ0v) is 14.6. The topological polar surface area (TPSA) is 75.3 Å². The van der Waals surface area contributed by atoms with Crippen LogP contribution in [0.2, 0.25) is 0 Å². The lowest BCUT2D eigenvalue weighted by atomic mass is 9.69. The molecule has 3 atom stereocenters. The largest absolute Gasteiger partial charge is 0.335 e. The van der Waals surface area contributed by atoms with Crippen LogP contribution in [-0.2, 0) is 9.84 Å². The second-order valence-electron chi connectivity index (χ2n) is 8.21. The third-order valence-electron chi connectivity index (χ3n) is 6.99. The van der Waals surface area contributed by atoms with Crippen molar-refractivity contribution in [3.8, 4) is 0 Å². The molecule has 1 heterocycles. The summed E-state index contributed by atoms with van der Waals surface area (Å²) < 4.78 is 22.9. The minimum absolute atomic E-state index is 0.0112. The molecule has 5 nitrogen and oxygen atoms in total. The van der Waals surface area contributed by atoms with Crippen molar-refractivity contribution in [3.63, 3.8) is 0 Å². The number of hydrogen-bond acceptors (Lipinski definition) is 3. The van der Waals surface area contributed by atoms with Crippen molar-refractivity contribution >= 4 is 15.9 Å². The first-order valence-electron chi connectivity index (χ1n) is 8.41. The standard InChI is InChI=1S/C16H28N2O3S/c1-15(2)11-4-7-16(15,3)13(10-11)18-14(19)17-12-5-8-22(20,21)9-6-12/h11-13H,4-10H2,1-3H3,(H2,17,18,19). The molecular weight excluding hydrogens is 300 g/mol. The van der Waals surface area contributed by atoms with E-state index >= 15 is 0 Å². The van der Waals surface area contributed by atoms with E-state index in [4.69, 9.17) is 0 Å². The summed E-state index contributed by atoms with van der Waals surface area (Å²) >= 11 is 0. The average molecular weight is 328 g/mol. The van der Waals surface area contributed by atoms with E-state index in [9.17, 15) is 13.2 Å². The van der Waals surface area contributed by atoms with Gasteiger partial charge in [-0.15, -0.1) is 0 Å². The number of fused-ring (bicyclic) bond motifs is 2. The molecule has 2 bridgehead atoms. The lowest BCUT2D eigenvalue weighted by molar-refractivity contribution is 0.123. The van der Waals surface area contributed by atoms with E-state index in [1.807, 2.05) is 0 Å². The number of sulfone groups is 1. The molecule has 2 N–H and O–H groups in total. The van der Waals surface area contributed by atoms with E-state index < -0.39 is 9.84 Å². The summed E-state index contributed by atoms with van der Waals surface area (Å²) in [5.41, 5.74) is 0.453. The number of carbonyl (C=O) groups excluding carboxylic acids is 1. The zero-order chi connectivity index (χ0) is 16.2.